The Balaban J connectivity index is 0.00000116. The van der Waals surface area contributed by atoms with Gasteiger partial charge in [-0.2, -0.15) is 5.26 Å². The van der Waals surface area contributed by atoms with Gasteiger partial charge < -0.3 is 10.5 Å². The van der Waals surface area contributed by atoms with Crippen molar-refractivity contribution < 1.29 is 4.74 Å². The van der Waals surface area contributed by atoms with Crippen molar-refractivity contribution in [3.05, 3.63) is 81.5 Å². The van der Waals surface area contributed by atoms with Gasteiger partial charge in [-0.05, 0) is 91.8 Å². The first-order valence-electron chi connectivity index (χ1n) is 17.7. The normalized spacial score (nSPS) is 14.0. The van der Waals surface area contributed by atoms with Crippen LogP contribution in [0, 0.1) is 28.6 Å². The average Bonchev–Trinajstić information content (AvgIpc) is 3.07. The molecule has 0 aliphatic carbocycles. The van der Waals surface area contributed by atoms with Crippen molar-refractivity contribution in [3.8, 4) is 11.8 Å². The second kappa shape index (κ2) is 23.7. The molecule has 48 heavy (non-hydrogen) atoms. The van der Waals surface area contributed by atoms with Gasteiger partial charge in [-0.15, -0.1) is 11.6 Å². The van der Waals surface area contributed by atoms with E-state index in [9.17, 15) is 5.26 Å². The zero-order valence-electron chi connectivity index (χ0n) is 32.1. The smallest absolute Gasteiger partial charge is 0.155 e. The first kappa shape index (κ1) is 45.4. The average molecular weight is 699 g/mol. The summed E-state index contributed by atoms with van der Waals surface area (Å²) in [6, 6.07) is 14.3. The van der Waals surface area contributed by atoms with E-state index in [0.717, 1.165) is 46.2 Å². The summed E-state index contributed by atoms with van der Waals surface area (Å²) in [5.41, 5.74) is 10.4. The lowest BCUT2D eigenvalue weighted by Gasteiger charge is -2.31. The molecule has 0 bridgehead atoms. The van der Waals surface area contributed by atoms with E-state index in [0.29, 0.717) is 34.2 Å². The van der Waals surface area contributed by atoms with Gasteiger partial charge in [-0.25, -0.2) is 0 Å². The lowest BCUT2D eigenvalue weighted by Crippen LogP contribution is -2.19. The van der Waals surface area contributed by atoms with Crippen molar-refractivity contribution in [2.75, 3.05) is 19.5 Å². The SMILES string of the molecule is CCC(C)CCC(C)(CC)CC(C)C.CN.C\C=C(/C=N/C(C)=C/CC)c1ccc(C(C)(C)c2cc(Cl)c(OCCCl)c(C#N)c2)cc1. The number of benzene rings is 2. The van der Waals surface area contributed by atoms with Gasteiger partial charge >= 0.3 is 0 Å². The number of alkyl halides is 1. The van der Waals surface area contributed by atoms with E-state index in [1.165, 1.54) is 39.2 Å². The summed E-state index contributed by atoms with van der Waals surface area (Å²) in [5, 5.41) is 10.0. The highest BCUT2D eigenvalue weighted by Crippen LogP contribution is 2.39. The fraction of sp³-hybridized carbons (Fsp3) is 0.571. The molecule has 0 amide bonds. The number of aliphatic imine (C=N–C) groups is 1. The van der Waals surface area contributed by atoms with Crippen LogP contribution in [0.5, 0.6) is 5.75 Å². The van der Waals surface area contributed by atoms with Crippen LogP contribution in [0.4, 0.5) is 0 Å². The quantitative estimate of drug-likeness (QED) is 0.140. The van der Waals surface area contributed by atoms with Crippen molar-refractivity contribution in [1.82, 2.24) is 0 Å². The van der Waals surface area contributed by atoms with E-state index in [1.54, 1.807) is 0 Å². The number of halogens is 2. The zero-order chi connectivity index (χ0) is 36.9. The Bertz CT molecular complexity index is 1340. The van der Waals surface area contributed by atoms with Crippen LogP contribution in [0.2, 0.25) is 5.02 Å². The molecule has 0 spiro atoms. The minimum Gasteiger partial charge on any atom is -0.489 e. The number of rotatable bonds is 16. The molecule has 6 heteroatoms. The molecule has 2 rings (SSSR count). The van der Waals surface area contributed by atoms with Crippen LogP contribution in [-0.4, -0.2) is 25.7 Å². The Hall–Kier alpha value is -2.58. The third-order valence-electron chi connectivity index (χ3n) is 9.06. The van der Waals surface area contributed by atoms with E-state index < -0.39 is 0 Å². The number of hydrogen-bond donors (Lipinski definition) is 1. The maximum Gasteiger partial charge on any atom is 0.155 e. The van der Waals surface area contributed by atoms with Gasteiger partial charge in [-0.3, -0.25) is 4.99 Å². The molecule has 0 aliphatic heterocycles. The molecule has 0 saturated carbocycles. The Labute approximate surface area is 304 Å². The number of nitrogens with two attached hydrogens (primary N) is 1. The molecule has 0 aromatic heterocycles. The van der Waals surface area contributed by atoms with Crippen LogP contribution in [0.25, 0.3) is 5.57 Å². The van der Waals surface area contributed by atoms with Crippen molar-refractivity contribution in [3.63, 3.8) is 0 Å². The van der Waals surface area contributed by atoms with Crippen LogP contribution in [-0.2, 0) is 5.41 Å². The summed E-state index contributed by atoms with van der Waals surface area (Å²) in [5.74, 6) is 2.47. The van der Waals surface area contributed by atoms with Crippen molar-refractivity contribution in [2.24, 2.45) is 28.0 Å². The predicted molar refractivity (Wildman–Crippen MR) is 214 cm³/mol. The highest BCUT2D eigenvalue weighted by molar-refractivity contribution is 6.32. The Morgan fingerprint density at radius 2 is 1.67 bits per heavy atom. The lowest BCUT2D eigenvalue weighted by atomic mass is 9.75. The van der Waals surface area contributed by atoms with Gasteiger partial charge in [0.1, 0.15) is 12.7 Å². The predicted octanol–water partition coefficient (Wildman–Crippen LogP) is 12.8. The standard InChI is InChI=1S/C27H30Cl2N2O.C14H30.CH5N/c1-6-8-19(3)31-18-20(7-2)21-9-11-23(12-10-21)27(4,5)24-15-22(17-30)26(25(29)16-24)32-14-13-28;1-7-13(5)9-10-14(6,8-2)11-12(3)4;1-2/h7-12,15-16,18H,6,13-14H2,1-5H3;12-13H,7-11H2,1-6H3;2H2,1H3/b19-8+,20-7+,31-18+;;. The van der Waals surface area contributed by atoms with Gasteiger partial charge in [0.05, 0.1) is 16.5 Å². The molecule has 0 saturated heterocycles. The van der Waals surface area contributed by atoms with Crippen molar-refractivity contribution >= 4 is 35.0 Å². The second-order valence-electron chi connectivity index (χ2n) is 13.8. The van der Waals surface area contributed by atoms with Crippen LogP contribution in [0.1, 0.15) is 137 Å². The first-order valence-corrected chi connectivity index (χ1v) is 18.6. The molecular formula is C42H65Cl2N3O. The summed E-state index contributed by atoms with van der Waals surface area (Å²) in [6.45, 7) is 24.8. The summed E-state index contributed by atoms with van der Waals surface area (Å²) in [4.78, 5) is 4.54. The van der Waals surface area contributed by atoms with E-state index in [2.05, 4.69) is 116 Å². The largest absolute Gasteiger partial charge is 0.489 e. The lowest BCUT2D eigenvalue weighted by molar-refractivity contribution is 0.207. The summed E-state index contributed by atoms with van der Waals surface area (Å²) in [7, 11) is 1.50. The van der Waals surface area contributed by atoms with E-state index in [4.69, 9.17) is 27.9 Å². The molecule has 0 fully saturated rings. The number of allylic oxidation sites excluding steroid dienone is 4. The molecule has 2 unspecified atom stereocenters. The Kier molecular flexibility index (Phi) is 22.4. The molecule has 0 aliphatic rings. The molecule has 2 aromatic carbocycles. The Morgan fingerprint density at radius 3 is 2.15 bits per heavy atom. The fourth-order valence-corrected chi connectivity index (χ4v) is 5.96. The maximum absolute atomic E-state index is 9.61. The number of nitrogens with zero attached hydrogens (tertiary/aromatic N) is 2. The summed E-state index contributed by atoms with van der Waals surface area (Å²) in [6.07, 6.45) is 13.9. The molecule has 268 valence electrons. The molecule has 4 nitrogen and oxygen atoms in total. The molecule has 2 atom stereocenters. The minimum atomic E-state index is -0.358. The van der Waals surface area contributed by atoms with E-state index >= 15 is 0 Å². The van der Waals surface area contributed by atoms with Gasteiger partial charge in [0.2, 0.25) is 0 Å². The number of ether oxygens (including phenoxy) is 1. The van der Waals surface area contributed by atoms with Crippen LogP contribution < -0.4 is 10.5 Å². The van der Waals surface area contributed by atoms with Gasteiger partial charge in [0.15, 0.2) is 5.75 Å². The van der Waals surface area contributed by atoms with Gasteiger partial charge in [0.25, 0.3) is 0 Å². The monoisotopic (exact) mass is 697 g/mol. The maximum atomic E-state index is 9.61. The first-order chi connectivity index (χ1) is 22.7. The van der Waals surface area contributed by atoms with Crippen molar-refractivity contribution in [1.29, 1.82) is 5.26 Å². The number of hydrogen-bond acceptors (Lipinski definition) is 4. The highest BCUT2D eigenvalue weighted by Gasteiger charge is 2.26. The second-order valence-corrected chi connectivity index (χ2v) is 14.5. The van der Waals surface area contributed by atoms with E-state index in [-0.39, 0.29) is 5.41 Å². The number of nitriles is 1. The van der Waals surface area contributed by atoms with Crippen LogP contribution in [0.3, 0.4) is 0 Å². The molecular weight excluding hydrogens is 633 g/mol. The third-order valence-corrected chi connectivity index (χ3v) is 9.49. The summed E-state index contributed by atoms with van der Waals surface area (Å²) >= 11 is 12.2. The topological polar surface area (TPSA) is 71.4 Å². The van der Waals surface area contributed by atoms with Crippen molar-refractivity contribution in [2.45, 2.75) is 120 Å². The Morgan fingerprint density at radius 1 is 1.04 bits per heavy atom. The van der Waals surface area contributed by atoms with Gasteiger partial charge in [0, 0.05) is 17.3 Å². The fourth-order valence-electron chi connectivity index (χ4n) is 5.61. The third kappa shape index (κ3) is 15.3. The molecule has 2 N–H and O–H groups in total. The summed E-state index contributed by atoms with van der Waals surface area (Å²) < 4.78 is 5.58. The van der Waals surface area contributed by atoms with Gasteiger partial charge in [-0.1, -0.05) is 130 Å². The molecule has 0 heterocycles. The van der Waals surface area contributed by atoms with E-state index in [1.807, 2.05) is 32.2 Å². The molecule has 0 radical (unpaired) electrons. The zero-order valence-corrected chi connectivity index (χ0v) is 33.7. The van der Waals surface area contributed by atoms with Crippen LogP contribution >= 0.6 is 23.2 Å². The minimum absolute atomic E-state index is 0.296. The molecule has 2 aromatic rings. The van der Waals surface area contributed by atoms with Crippen LogP contribution in [0.15, 0.2) is 59.2 Å². The highest BCUT2D eigenvalue weighted by atomic mass is 35.5.